The van der Waals surface area contributed by atoms with Crippen molar-refractivity contribution in [3.8, 4) is 44.5 Å². The van der Waals surface area contributed by atoms with Crippen molar-refractivity contribution in [3.63, 3.8) is 0 Å². The summed E-state index contributed by atoms with van der Waals surface area (Å²) in [6, 6.07) is 71.1. The lowest BCUT2D eigenvalue weighted by atomic mass is 9.45. The summed E-state index contributed by atoms with van der Waals surface area (Å²) in [5.74, 6) is 3.23. The van der Waals surface area contributed by atoms with E-state index in [2.05, 4.69) is 193 Å². The second kappa shape index (κ2) is 13.9. The highest BCUT2D eigenvalue weighted by atomic mass is 32.1. The molecule has 2 heteroatoms. The molecule has 3 saturated carbocycles. The van der Waals surface area contributed by atoms with Crippen LogP contribution in [0.15, 0.2) is 188 Å². The number of hydrogen-bond donors (Lipinski definition) is 0. The number of anilines is 3. The molecule has 8 aromatic carbocycles. The third-order valence-electron chi connectivity index (χ3n) is 15.6. The third-order valence-corrected chi connectivity index (χ3v) is 16.8. The molecule has 3 fully saturated rings. The van der Waals surface area contributed by atoms with Crippen LogP contribution in [0.2, 0.25) is 0 Å². The minimum absolute atomic E-state index is 0.0619. The highest BCUT2D eigenvalue weighted by Gasteiger charge is 2.60. The Morgan fingerprint density at radius 1 is 0.410 bits per heavy atom. The molecular formula is C59H47NS. The van der Waals surface area contributed by atoms with Gasteiger partial charge in [-0.3, -0.25) is 0 Å². The summed E-state index contributed by atoms with van der Waals surface area (Å²) in [6.45, 7) is 0. The van der Waals surface area contributed by atoms with Crippen LogP contribution in [0.3, 0.4) is 0 Å². The van der Waals surface area contributed by atoms with Crippen LogP contribution in [-0.4, -0.2) is 0 Å². The number of para-hydroxylation sites is 1. The molecule has 1 nitrogen and oxygen atoms in total. The second-order valence-corrected chi connectivity index (χ2v) is 19.3. The summed E-state index contributed by atoms with van der Waals surface area (Å²) >= 11 is 1.92. The largest absolute Gasteiger partial charge is 0.308 e. The van der Waals surface area contributed by atoms with Crippen molar-refractivity contribution in [3.05, 3.63) is 199 Å². The fraction of sp³-hybridized carbons (Fsp3) is 0.186. The first-order chi connectivity index (χ1) is 30.3. The van der Waals surface area contributed by atoms with Gasteiger partial charge in [-0.25, -0.2) is 0 Å². The predicted octanol–water partition coefficient (Wildman–Crippen LogP) is 16.6. The van der Waals surface area contributed by atoms with Crippen molar-refractivity contribution in [1.29, 1.82) is 0 Å². The lowest BCUT2D eigenvalue weighted by Gasteiger charge is -2.59. The van der Waals surface area contributed by atoms with Crippen molar-refractivity contribution in [2.45, 2.75) is 43.9 Å². The Morgan fingerprint density at radius 2 is 0.984 bits per heavy atom. The molecule has 294 valence electrons. The van der Waals surface area contributed by atoms with Gasteiger partial charge in [0.2, 0.25) is 0 Å². The summed E-state index contributed by atoms with van der Waals surface area (Å²) in [4.78, 5) is 2.63. The van der Waals surface area contributed by atoms with E-state index in [0.29, 0.717) is 11.8 Å². The van der Waals surface area contributed by atoms with Crippen LogP contribution in [0.5, 0.6) is 0 Å². The standard InChI is InChI=1S/C59H47NS/c1-2-15-39(16-3-1)44-17-4-5-18-45(44)46-19-6-7-20-47(46)50-22-9-12-26-55(50)60(56-27-14-24-52-51-23-10-13-28-57(51)61-58(52)56)43-33-34-49-48-21-8-11-25-53(48)59(54(49)37-43)41-31-29-38-30-32-42(59)36-40(38)35-41/h1-28,33-34,37-38,40-42H,29-32,35-36H2. The quantitative estimate of drug-likeness (QED) is 0.162. The molecule has 61 heavy (non-hydrogen) atoms. The molecule has 2 atom stereocenters. The van der Waals surface area contributed by atoms with E-state index in [0.717, 1.165) is 11.8 Å². The Hall–Kier alpha value is -6.22. The van der Waals surface area contributed by atoms with E-state index >= 15 is 0 Å². The van der Waals surface area contributed by atoms with E-state index in [1.165, 1.54) is 120 Å². The molecule has 9 aromatic rings. The summed E-state index contributed by atoms with van der Waals surface area (Å²) < 4.78 is 2.65. The van der Waals surface area contributed by atoms with Crippen LogP contribution in [0.25, 0.3) is 64.7 Å². The molecule has 3 bridgehead atoms. The first kappa shape index (κ1) is 35.5. The van der Waals surface area contributed by atoms with Crippen molar-refractivity contribution in [2.24, 2.45) is 23.7 Å². The highest BCUT2D eigenvalue weighted by Crippen LogP contribution is 2.68. The molecule has 0 radical (unpaired) electrons. The Morgan fingerprint density at radius 3 is 1.77 bits per heavy atom. The maximum Gasteiger partial charge on any atom is 0.0640 e. The van der Waals surface area contributed by atoms with Crippen LogP contribution in [-0.2, 0) is 5.41 Å². The van der Waals surface area contributed by atoms with Gasteiger partial charge in [0.05, 0.1) is 16.1 Å². The van der Waals surface area contributed by atoms with Gasteiger partial charge in [0.25, 0.3) is 0 Å². The van der Waals surface area contributed by atoms with Gasteiger partial charge in [-0.1, -0.05) is 158 Å². The number of benzene rings is 8. The number of thiophene rings is 1. The third kappa shape index (κ3) is 5.25. The summed E-state index contributed by atoms with van der Waals surface area (Å²) in [5, 5.41) is 2.65. The van der Waals surface area contributed by atoms with E-state index in [-0.39, 0.29) is 5.41 Å². The fourth-order valence-corrected chi connectivity index (χ4v) is 14.4. The van der Waals surface area contributed by atoms with Crippen molar-refractivity contribution < 1.29 is 0 Å². The monoisotopic (exact) mass is 801 g/mol. The number of rotatable bonds is 6. The first-order valence-electron chi connectivity index (χ1n) is 22.5. The lowest BCUT2D eigenvalue weighted by Crippen LogP contribution is -2.53. The topological polar surface area (TPSA) is 3.24 Å². The predicted molar refractivity (Wildman–Crippen MR) is 258 cm³/mol. The minimum atomic E-state index is 0.0619. The molecule has 1 spiro atoms. The Kier molecular flexibility index (Phi) is 8.10. The lowest BCUT2D eigenvalue weighted by molar-refractivity contribution is -0.0227. The molecule has 2 unspecified atom stereocenters. The molecule has 0 N–H and O–H groups in total. The molecule has 1 aromatic heterocycles. The van der Waals surface area contributed by atoms with Crippen LogP contribution in [0.4, 0.5) is 17.1 Å². The van der Waals surface area contributed by atoms with Gasteiger partial charge < -0.3 is 4.90 Å². The van der Waals surface area contributed by atoms with E-state index < -0.39 is 0 Å². The van der Waals surface area contributed by atoms with E-state index in [1.807, 2.05) is 11.3 Å². The molecule has 4 aliphatic carbocycles. The molecule has 0 saturated heterocycles. The molecule has 13 rings (SSSR count). The van der Waals surface area contributed by atoms with Crippen LogP contribution in [0.1, 0.15) is 49.7 Å². The van der Waals surface area contributed by atoms with Crippen LogP contribution in [0, 0.1) is 23.7 Å². The van der Waals surface area contributed by atoms with Gasteiger partial charge in [0.1, 0.15) is 0 Å². The van der Waals surface area contributed by atoms with Gasteiger partial charge in [0.15, 0.2) is 0 Å². The molecule has 0 amide bonds. The second-order valence-electron chi connectivity index (χ2n) is 18.2. The van der Waals surface area contributed by atoms with Gasteiger partial charge in [0, 0.05) is 32.1 Å². The van der Waals surface area contributed by atoms with Crippen molar-refractivity contribution in [2.75, 3.05) is 4.90 Å². The molecule has 4 aliphatic rings. The Bertz CT molecular complexity index is 3140. The zero-order valence-electron chi connectivity index (χ0n) is 34.3. The molecular weight excluding hydrogens is 755 g/mol. The van der Waals surface area contributed by atoms with Crippen molar-refractivity contribution in [1.82, 2.24) is 0 Å². The zero-order valence-corrected chi connectivity index (χ0v) is 35.1. The van der Waals surface area contributed by atoms with Crippen LogP contribution >= 0.6 is 11.3 Å². The van der Waals surface area contributed by atoms with Gasteiger partial charge >= 0.3 is 0 Å². The summed E-state index contributed by atoms with van der Waals surface area (Å²) in [7, 11) is 0. The maximum absolute atomic E-state index is 2.68. The smallest absolute Gasteiger partial charge is 0.0640 e. The number of nitrogens with zero attached hydrogens (tertiary/aromatic N) is 1. The number of hydrogen-bond acceptors (Lipinski definition) is 2. The average molecular weight is 802 g/mol. The van der Waals surface area contributed by atoms with Gasteiger partial charge in [-0.05, 0) is 143 Å². The fourth-order valence-electron chi connectivity index (χ4n) is 13.2. The van der Waals surface area contributed by atoms with E-state index in [9.17, 15) is 0 Å². The van der Waals surface area contributed by atoms with E-state index in [4.69, 9.17) is 0 Å². The average Bonchev–Trinajstić information content (AvgIpc) is 3.86. The van der Waals surface area contributed by atoms with Crippen molar-refractivity contribution >= 4 is 48.6 Å². The minimum Gasteiger partial charge on any atom is -0.308 e. The number of fused-ring (bicyclic) bond motifs is 12. The normalized spacial score (nSPS) is 22.1. The van der Waals surface area contributed by atoms with E-state index in [1.54, 1.807) is 11.1 Å². The highest BCUT2D eigenvalue weighted by molar-refractivity contribution is 7.26. The Balaban J connectivity index is 1.07. The van der Waals surface area contributed by atoms with Gasteiger partial charge in [-0.2, -0.15) is 0 Å². The summed E-state index contributed by atoms with van der Waals surface area (Å²) in [5.41, 5.74) is 17.3. The molecule has 0 aliphatic heterocycles. The molecule has 1 heterocycles. The van der Waals surface area contributed by atoms with Crippen LogP contribution < -0.4 is 4.90 Å². The maximum atomic E-state index is 2.68. The zero-order chi connectivity index (χ0) is 40.1. The Labute approximate surface area is 363 Å². The SMILES string of the molecule is c1ccc(-c2ccccc2-c2ccccc2-c2ccccc2N(c2ccc3c(c2)C2(c4ccccc4-3)C3CCC4CCC2CC4C3)c2cccc3c2sc2ccccc23)cc1. The summed E-state index contributed by atoms with van der Waals surface area (Å²) in [6.07, 6.45) is 8.28. The first-order valence-corrected chi connectivity index (χ1v) is 23.4. The van der Waals surface area contributed by atoms with Gasteiger partial charge in [-0.15, -0.1) is 11.3 Å².